The van der Waals surface area contributed by atoms with Crippen molar-refractivity contribution in [3.05, 3.63) is 23.8 Å². The van der Waals surface area contributed by atoms with Crippen LogP contribution in [-0.4, -0.2) is 31.0 Å². The van der Waals surface area contributed by atoms with Gasteiger partial charge in [0.15, 0.2) is 11.5 Å². The zero-order chi connectivity index (χ0) is 21.2. The van der Waals surface area contributed by atoms with E-state index in [-0.39, 0.29) is 23.5 Å². The number of hydrogen-bond acceptors (Lipinski definition) is 5. The Morgan fingerprint density at radius 1 is 1.31 bits per heavy atom. The highest BCUT2D eigenvalue weighted by Gasteiger charge is 2.52. The Labute approximate surface area is 166 Å². The average molecular weight is 412 g/mol. The summed E-state index contributed by atoms with van der Waals surface area (Å²) >= 11 is 0. The van der Waals surface area contributed by atoms with Gasteiger partial charge in [-0.3, -0.25) is 10.0 Å². The molecule has 6 nitrogen and oxygen atoms in total. The number of nitrogens with one attached hydrogen (secondary N) is 1. The Morgan fingerprint density at radius 3 is 2.48 bits per heavy atom. The normalized spacial score (nSPS) is 28.5. The number of nitriles is 1. The third-order valence-corrected chi connectivity index (χ3v) is 6.12. The van der Waals surface area contributed by atoms with Gasteiger partial charge in [0.1, 0.15) is 0 Å². The van der Waals surface area contributed by atoms with Gasteiger partial charge in [0.2, 0.25) is 5.91 Å². The van der Waals surface area contributed by atoms with Crippen LogP contribution in [0.1, 0.15) is 37.7 Å². The zero-order valence-electron chi connectivity index (χ0n) is 16.0. The van der Waals surface area contributed by atoms with Crippen molar-refractivity contribution < 1.29 is 32.6 Å². The fourth-order valence-electron chi connectivity index (χ4n) is 4.75. The van der Waals surface area contributed by atoms with Gasteiger partial charge in [0, 0.05) is 5.92 Å². The minimum atomic E-state index is -4.32. The van der Waals surface area contributed by atoms with Gasteiger partial charge in [-0.15, -0.1) is 0 Å². The molecule has 0 aromatic heterocycles. The molecule has 1 amide bonds. The third-order valence-electron chi connectivity index (χ3n) is 6.12. The Bertz CT molecular complexity index is 792. The van der Waals surface area contributed by atoms with Gasteiger partial charge in [-0.1, -0.05) is 6.07 Å². The Kier molecular flexibility index (Phi) is 5.94. The van der Waals surface area contributed by atoms with Gasteiger partial charge >= 0.3 is 6.18 Å². The number of benzene rings is 1. The van der Waals surface area contributed by atoms with Crippen LogP contribution in [0.2, 0.25) is 0 Å². The molecule has 0 saturated heterocycles. The standard InChI is InChI=1S/C20H23F3N2O4/c1-28-16-3-2-15(8-17(16)29-5-4-20(21,22)23)19(11-24)9-13-6-12(18(26)25-27)7-14(13)10-19/h2-3,8,12-14,27H,4-7,9-10H2,1H3,(H,25,26)/t12?,13-,14+,19?. The van der Waals surface area contributed by atoms with Gasteiger partial charge in [-0.2, -0.15) is 18.4 Å². The number of halogens is 3. The second kappa shape index (κ2) is 8.11. The Morgan fingerprint density at radius 2 is 1.97 bits per heavy atom. The highest BCUT2D eigenvalue weighted by molar-refractivity contribution is 5.77. The minimum Gasteiger partial charge on any atom is -0.493 e. The smallest absolute Gasteiger partial charge is 0.392 e. The van der Waals surface area contributed by atoms with Gasteiger partial charge in [0.05, 0.1) is 31.6 Å². The molecule has 0 aliphatic heterocycles. The first-order chi connectivity index (χ1) is 13.7. The van der Waals surface area contributed by atoms with Crippen molar-refractivity contribution in [2.45, 2.75) is 43.7 Å². The first-order valence-corrected chi connectivity index (χ1v) is 9.44. The molecule has 2 aliphatic rings. The molecule has 0 bridgehead atoms. The van der Waals surface area contributed by atoms with E-state index < -0.39 is 30.5 Å². The molecule has 3 rings (SSSR count). The van der Waals surface area contributed by atoms with Crippen LogP contribution in [0.3, 0.4) is 0 Å². The second-order valence-electron chi connectivity index (χ2n) is 7.85. The largest absolute Gasteiger partial charge is 0.493 e. The van der Waals surface area contributed by atoms with Crippen molar-refractivity contribution in [1.82, 2.24) is 5.48 Å². The monoisotopic (exact) mass is 412 g/mol. The molecule has 4 atom stereocenters. The molecule has 9 heteroatoms. The van der Waals surface area contributed by atoms with Crippen LogP contribution in [-0.2, 0) is 10.2 Å². The third kappa shape index (κ3) is 4.42. The first-order valence-electron chi connectivity index (χ1n) is 9.44. The number of nitrogens with zero attached hydrogens (tertiary/aromatic N) is 1. The van der Waals surface area contributed by atoms with Crippen LogP contribution < -0.4 is 15.0 Å². The lowest BCUT2D eigenvalue weighted by atomic mass is 9.77. The number of alkyl halides is 3. The van der Waals surface area contributed by atoms with Gasteiger partial charge in [0.25, 0.3) is 0 Å². The van der Waals surface area contributed by atoms with Crippen molar-refractivity contribution in [3.63, 3.8) is 0 Å². The fraction of sp³-hybridized carbons (Fsp3) is 0.600. The molecular weight excluding hydrogens is 389 g/mol. The average Bonchev–Trinajstić information content (AvgIpc) is 3.23. The van der Waals surface area contributed by atoms with E-state index in [0.717, 1.165) is 0 Å². The number of ether oxygens (including phenoxy) is 2. The van der Waals surface area contributed by atoms with Crippen molar-refractivity contribution in [3.8, 4) is 17.6 Å². The summed E-state index contributed by atoms with van der Waals surface area (Å²) in [6.07, 6.45) is -3.09. The summed E-state index contributed by atoms with van der Waals surface area (Å²) in [4.78, 5) is 11.7. The predicted molar refractivity (Wildman–Crippen MR) is 95.3 cm³/mol. The molecule has 1 aromatic rings. The van der Waals surface area contributed by atoms with E-state index in [1.807, 2.05) is 0 Å². The fourth-order valence-corrected chi connectivity index (χ4v) is 4.75. The van der Waals surface area contributed by atoms with E-state index in [9.17, 15) is 23.2 Å². The van der Waals surface area contributed by atoms with E-state index in [0.29, 0.717) is 37.0 Å². The van der Waals surface area contributed by atoms with Crippen molar-refractivity contribution >= 4 is 5.91 Å². The van der Waals surface area contributed by atoms with Crippen LogP contribution in [0.4, 0.5) is 13.2 Å². The maximum atomic E-state index is 12.4. The van der Waals surface area contributed by atoms with Gasteiger partial charge < -0.3 is 9.47 Å². The predicted octanol–water partition coefficient (Wildman–Crippen LogP) is 3.73. The molecule has 2 fully saturated rings. The molecule has 2 N–H and O–H groups in total. The maximum absolute atomic E-state index is 12.4. The van der Waals surface area contributed by atoms with Crippen molar-refractivity contribution in [2.75, 3.05) is 13.7 Å². The lowest BCUT2D eigenvalue weighted by molar-refractivity contribution is -0.139. The van der Waals surface area contributed by atoms with Gasteiger partial charge in [-0.05, 0) is 55.2 Å². The Hall–Kier alpha value is -2.47. The van der Waals surface area contributed by atoms with Crippen LogP contribution in [0, 0.1) is 29.1 Å². The summed E-state index contributed by atoms with van der Waals surface area (Å²) in [5.41, 5.74) is 1.59. The second-order valence-corrected chi connectivity index (χ2v) is 7.85. The number of fused-ring (bicyclic) bond motifs is 1. The molecule has 2 unspecified atom stereocenters. The molecule has 0 spiro atoms. The van der Waals surface area contributed by atoms with E-state index >= 15 is 0 Å². The number of amides is 1. The number of hydrogen-bond donors (Lipinski definition) is 2. The molecule has 0 heterocycles. The molecule has 29 heavy (non-hydrogen) atoms. The van der Waals surface area contributed by atoms with E-state index in [1.54, 1.807) is 23.7 Å². The molecule has 1 aromatic carbocycles. The SMILES string of the molecule is COc1ccc(C2(C#N)C[C@H]3CC(C(=O)NO)C[C@H]3C2)cc1OCCC(F)(F)F. The lowest BCUT2D eigenvalue weighted by Crippen LogP contribution is -2.28. The summed E-state index contributed by atoms with van der Waals surface area (Å²) in [5, 5.41) is 18.8. The number of hydroxylamine groups is 1. The van der Waals surface area contributed by atoms with Crippen molar-refractivity contribution in [2.24, 2.45) is 17.8 Å². The van der Waals surface area contributed by atoms with E-state index in [2.05, 4.69) is 6.07 Å². The molecule has 2 aliphatic carbocycles. The summed E-state index contributed by atoms with van der Waals surface area (Å²) in [6, 6.07) is 7.35. The number of carbonyl (C=O) groups excluding carboxylic acids is 1. The quantitative estimate of drug-likeness (QED) is 0.549. The summed E-state index contributed by atoms with van der Waals surface area (Å²) in [5.74, 6) is 0.179. The van der Waals surface area contributed by atoms with Crippen LogP contribution in [0.5, 0.6) is 11.5 Å². The summed E-state index contributed by atoms with van der Waals surface area (Å²) in [7, 11) is 1.40. The van der Waals surface area contributed by atoms with E-state index in [4.69, 9.17) is 14.7 Å². The highest BCUT2D eigenvalue weighted by atomic mass is 19.4. The zero-order valence-corrected chi connectivity index (χ0v) is 16.0. The van der Waals surface area contributed by atoms with Crippen LogP contribution in [0.25, 0.3) is 0 Å². The number of rotatable bonds is 6. The van der Waals surface area contributed by atoms with Gasteiger partial charge in [-0.25, -0.2) is 5.48 Å². The van der Waals surface area contributed by atoms with Crippen LogP contribution >= 0.6 is 0 Å². The van der Waals surface area contributed by atoms with E-state index in [1.165, 1.54) is 7.11 Å². The molecule has 158 valence electrons. The first kappa shape index (κ1) is 21.2. The molecule has 2 saturated carbocycles. The minimum absolute atomic E-state index is 0.175. The van der Waals surface area contributed by atoms with Crippen LogP contribution in [0.15, 0.2) is 18.2 Å². The lowest BCUT2D eigenvalue weighted by Gasteiger charge is -2.24. The molecular formula is C20H23F3N2O4. The number of methoxy groups -OCH3 is 1. The molecule has 0 radical (unpaired) electrons. The summed E-state index contributed by atoms with van der Waals surface area (Å²) < 4.78 is 47.8. The maximum Gasteiger partial charge on any atom is 0.392 e. The Balaban J connectivity index is 1.78. The topological polar surface area (TPSA) is 91.6 Å². The number of carbonyl (C=O) groups is 1. The summed E-state index contributed by atoms with van der Waals surface area (Å²) in [6.45, 7) is -0.536. The van der Waals surface area contributed by atoms with Crippen molar-refractivity contribution in [1.29, 1.82) is 5.26 Å². The highest BCUT2D eigenvalue weighted by Crippen LogP contribution is 2.56.